The number of hydrogen-bond acceptors (Lipinski definition) is 8. The van der Waals surface area contributed by atoms with E-state index in [1.54, 1.807) is 49.6 Å². The Balaban J connectivity index is 0.000000355. The number of ether oxygens (including phenoxy) is 4. The van der Waals surface area contributed by atoms with E-state index in [-0.39, 0.29) is 30.2 Å². The van der Waals surface area contributed by atoms with Gasteiger partial charge in [0.15, 0.2) is 11.6 Å². The van der Waals surface area contributed by atoms with Crippen LogP contribution in [0.2, 0.25) is 0 Å². The fourth-order valence-electron chi connectivity index (χ4n) is 2.81. The summed E-state index contributed by atoms with van der Waals surface area (Å²) in [4.78, 5) is 45.8. The van der Waals surface area contributed by atoms with Gasteiger partial charge in [0, 0.05) is 30.8 Å². The second-order valence-corrected chi connectivity index (χ2v) is 8.58. The standard InChI is InChI=1S/C15H20O4.C12H14O4/c1-11(16)12-6-5-7-13(8-12)14(17)19-10-15(2,3)9-18-4;1-9(13)10-4-3-5-11(8-10)12(14)16-7-6-15-2/h5-8H,9-10H2,1-4H3;3-5,8H,6-7H2,1-2H3. The summed E-state index contributed by atoms with van der Waals surface area (Å²) in [6.07, 6.45) is 0. The molecule has 0 aliphatic heterocycles. The Morgan fingerprint density at radius 3 is 1.54 bits per heavy atom. The first-order valence-corrected chi connectivity index (χ1v) is 11.0. The Morgan fingerprint density at radius 1 is 0.657 bits per heavy atom. The molecule has 0 unspecified atom stereocenters. The van der Waals surface area contributed by atoms with Crippen LogP contribution >= 0.6 is 0 Å². The van der Waals surface area contributed by atoms with Crippen molar-refractivity contribution in [3.8, 4) is 0 Å². The van der Waals surface area contributed by atoms with Gasteiger partial charge in [-0.3, -0.25) is 9.59 Å². The third kappa shape index (κ3) is 11.1. The summed E-state index contributed by atoms with van der Waals surface area (Å²) in [5.74, 6) is -1.02. The lowest BCUT2D eigenvalue weighted by molar-refractivity contribution is 0.0136. The van der Waals surface area contributed by atoms with Crippen LogP contribution in [0.5, 0.6) is 0 Å². The topological polar surface area (TPSA) is 105 Å². The van der Waals surface area contributed by atoms with Gasteiger partial charge in [-0.1, -0.05) is 38.1 Å². The van der Waals surface area contributed by atoms with E-state index in [0.29, 0.717) is 35.5 Å². The second-order valence-electron chi connectivity index (χ2n) is 8.58. The van der Waals surface area contributed by atoms with Crippen LogP contribution in [0.1, 0.15) is 69.1 Å². The lowest BCUT2D eigenvalue weighted by Gasteiger charge is -2.22. The first-order valence-electron chi connectivity index (χ1n) is 11.0. The van der Waals surface area contributed by atoms with Gasteiger partial charge in [-0.2, -0.15) is 0 Å². The zero-order valence-corrected chi connectivity index (χ0v) is 21.2. The molecule has 190 valence electrons. The Morgan fingerprint density at radius 2 is 1.11 bits per heavy atom. The maximum absolute atomic E-state index is 11.9. The molecular weight excluding hydrogens is 452 g/mol. The van der Waals surface area contributed by atoms with Crippen molar-refractivity contribution in [1.29, 1.82) is 0 Å². The number of rotatable bonds is 11. The van der Waals surface area contributed by atoms with Gasteiger partial charge < -0.3 is 18.9 Å². The Kier molecular flexibility index (Phi) is 12.6. The molecule has 0 heterocycles. The lowest BCUT2D eigenvalue weighted by Crippen LogP contribution is -2.26. The van der Waals surface area contributed by atoms with Crippen LogP contribution in [-0.2, 0) is 18.9 Å². The van der Waals surface area contributed by atoms with Crippen LogP contribution in [0.3, 0.4) is 0 Å². The molecule has 0 atom stereocenters. The predicted octanol–water partition coefficient (Wildman–Crippen LogP) is 4.41. The van der Waals surface area contributed by atoms with E-state index in [1.807, 2.05) is 13.8 Å². The zero-order valence-electron chi connectivity index (χ0n) is 21.2. The van der Waals surface area contributed by atoms with Crippen LogP contribution in [0.15, 0.2) is 48.5 Å². The van der Waals surface area contributed by atoms with Crippen LogP contribution in [0.4, 0.5) is 0 Å². The minimum absolute atomic E-state index is 0.0747. The molecule has 0 spiro atoms. The van der Waals surface area contributed by atoms with Gasteiger partial charge in [-0.15, -0.1) is 0 Å². The van der Waals surface area contributed by atoms with Gasteiger partial charge in [0.05, 0.1) is 30.9 Å². The number of benzene rings is 2. The maximum Gasteiger partial charge on any atom is 0.338 e. The van der Waals surface area contributed by atoms with E-state index in [9.17, 15) is 19.2 Å². The first-order chi connectivity index (χ1) is 16.5. The molecule has 0 aliphatic rings. The average molecular weight is 487 g/mol. The first kappa shape index (κ1) is 29.7. The molecule has 0 fully saturated rings. The molecule has 2 rings (SSSR count). The summed E-state index contributed by atoms with van der Waals surface area (Å²) in [5, 5.41) is 0. The van der Waals surface area contributed by atoms with Gasteiger partial charge in [0.2, 0.25) is 0 Å². The van der Waals surface area contributed by atoms with E-state index in [0.717, 1.165) is 0 Å². The Bertz CT molecular complexity index is 1010. The Hall–Kier alpha value is -3.36. The average Bonchev–Trinajstić information content (AvgIpc) is 2.83. The number of methoxy groups -OCH3 is 2. The number of esters is 2. The van der Waals surface area contributed by atoms with Gasteiger partial charge in [0.1, 0.15) is 6.61 Å². The van der Waals surface area contributed by atoms with Crippen molar-refractivity contribution in [2.75, 3.05) is 40.6 Å². The highest BCUT2D eigenvalue weighted by molar-refractivity contribution is 5.98. The number of carbonyl (C=O) groups excluding carboxylic acids is 4. The minimum Gasteiger partial charge on any atom is -0.461 e. The molecule has 2 aromatic carbocycles. The van der Waals surface area contributed by atoms with Gasteiger partial charge in [0.25, 0.3) is 0 Å². The number of hydrogen-bond donors (Lipinski definition) is 0. The summed E-state index contributed by atoms with van der Waals surface area (Å²) < 4.78 is 20.0. The molecular formula is C27H34O8. The van der Waals surface area contributed by atoms with Crippen LogP contribution in [-0.4, -0.2) is 64.2 Å². The molecule has 8 nitrogen and oxygen atoms in total. The van der Waals surface area contributed by atoms with Crippen molar-refractivity contribution in [3.05, 3.63) is 70.8 Å². The molecule has 8 heteroatoms. The molecule has 2 aromatic rings. The smallest absolute Gasteiger partial charge is 0.338 e. The number of carbonyl (C=O) groups is 4. The quantitative estimate of drug-likeness (QED) is 0.261. The number of ketones is 2. The van der Waals surface area contributed by atoms with Gasteiger partial charge >= 0.3 is 11.9 Å². The van der Waals surface area contributed by atoms with E-state index >= 15 is 0 Å². The molecule has 0 saturated heterocycles. The summed E-state index contributed by atoms with van der Waals surface area (Å²) in [6.45, 7) is 8.17. The predicted molar refractivity (Wildman–Crippen MR) is 131 cm³/mol. The van der Waals surface area contributed by atoms with Gasteiger partial charge in [-0.05, 0) is 38.1 Å². The second kappa shape index (κ2) is 14.8. The highest BCUT2D eigenvalue weighted by atomic mass is 16.6. The van der Waals surface area contributed by atoms with E-state index < -0.39 is 11.9 Å². The summed E-state index contributed by atoms with van der Waals surface area (Å²) in [7, 11) is 3.14. The zero-order chi connectivity index (χ0) is 26.4. The van der Waals surface area contributed by atoms with Crippen molar-refractivity contribution in [3.63, 3.8) is 0 Å². The lowest BCUT2D eigenvalue weighted by atomic mass is 9.96. The molecule has 0 saturated carbocycles. The van der Waals surface area contributed by atoms with Crippen molar-refractivity contribution in [1.82, 2.24) is 0 Å². The summed E-state index contributed by atoms with van der Waals surface area (Å²) >= 11 is 0. The fraction of sp³-hybridized carbons (Fsp3) is 0.407. The highest BCUT2D eigenvalue weighted by Crippen LogP contribution is 2.17. The monoisotopic (exact) mass is 486 g/mol. The fourth-order valence-corrected chi connectivity index (χ4v) is 2.81. The third-order valence-corrected chi connectivity index (χ3v) is 4.66. The highest BCUT2D eigenvalue weighted by Gasteiger charge is 2.21. The molecule has 0 amide bonds. The summed E-state index contributed by atoms with van der Waals surface area (Å²) in [6, 6.07) is 13.0. The molecule has 0 radical (unpaired) electrons. The van der Waals surface area contributed by atoms with E-state index in [4.69, 9.17) is 18.9 Å². The van der Waals surface area contributed by atoms with Crippen LogP contribution in [0, 0.1) is 5.41 Å². The molecule has 35 heavy (non-hydrogen) atoms. The van der Waals surface area contributed by atoms with E-state index in [2.05, 4.69) is 0 Å². The normalized spacial score (nSPS) is 10.6. The van der Waals surface area contributed by atoms with Crippen molar-refractivity contribution >= 4 is 23.5 Å². The Labute approximate surface area is 206 Å². The van der Waals surface area contributed by atoms with Gasteiger partial charge in [-0.25, -0.2) is 9.59 Å². The molecule has 0 bridgehead atoms. The van der Waals surface area contributed by atoms with Crippen molar-refractivity contribution in [2.45, 2.75) is 27.7 Å². The number of Topliss-reactive ketones (excluding diaryl/α,β-unsaturated/α-hetero) is 2. The van der Waals surface area contributed by atoms with Crippen molar-refractivity contribution in [2.24, 2.45) is 5.41 Å². The van der Waals surface area contributed by atoms with Crippen LogP contribution in [0.25, 0.3) is 0 Å². The van der Waals surface area contributed by atoms with E-state index in [1.165, 1.54) is 27.0 Å². The van der Waals surface area contributed by atoms with Crippen molar-refractivity contribution < 1.29 is 38.1 Å². The van der Waals surface area contributed by atoms with Crippen LogP contribution < -0.4 is 0 Å². The molecule has 0 aromatic heterocycles. The maximum atomic E-state index is 11.9. The summed E-state index contributed by atoms with van der Waals surface area (Å²) in [5.41, 5.74) is 1.54. The SMILES string of the molecule is COCC(C)(C)COC(=O)c1cccc(C(C)=O)c1.COCCOC(=O)c1cccc(C(C)=O)c1. The molecule has 0 aliphatic carbocycles. The third-order valence-electron chi connectivity index (χ3n) is 4.66. The minimum atomic E-state index is -0.444. The molecule has 0 N–H and O–H groups in total. The largest absolute Gasteiger partial charge is 0.461 e.